The van der Waals surface area contributed by atoms with Gasteiger partial charge in [0.05, 0.1) is 0 Å². The third-order valence-corrected chi connectivity index (χ3v) is 4.47. The summed E-state index contributed by atoms with van der Waals surface area (Å²) in [6.07, 6.45) is 8.47. The van der Waals surface area contributed by atoms with Crippen LogP contribution in [0, 0.1) is 0 Å². The number of fused-ring (bicyclic) bond motifs is 3. The second-order valence-corrected chi connectivity index (χ2v) is 5.82. The van der Waals surface area contributed by atoms with Crippen molar-refractivity contribution in [2.24, 2.45) is 0 Å². The van der Waals surface area contributed by atoms with E-state index in [0.29, 0.717) is 5.92 Å². The summed E-state index contributed by atoms with van der Waals surface area (Å²) < 4.78 is 0. The lowest BCUT2D eigenvalue weighted by atomic mass is 9.76. The third-order valence-electron chi connectivity index (χ3n) is 4.47. The second kappa shape index (κ2) is 5.25. The molecule has 1 unspecified atom stereocenters. The molecule has 0 aliphatic heterocycles. The normalized spacial score (nSPS) is 19.9. The molecule has 0 amide bonds. The summed E-state index contributed by atoms with van der Waals surface area (Å²) in [5, 5.41) is 3.61. The molecule has 4 rings (SSSR count). The summed E-state index contributed by atoms with van der Waals surface area (Å²) in [5.74, 6) is 0.561. The second-order valence-electron chi connectivity index (χ2n) is 5.82. The highest BCUT2D eigenvalue weighted by Gasteiger charge is 2.27. The van der Waals surface area contributed by atoms with Gasteiger partial charge < -0.3 is 5.32 Å². The Morgan fingerprint density at radius 1 is 0.905 bits per heavy atom. The summed E-state index contributed by atoms with van der Waals surface area (Å²) in [6.45, 7) is 0. The largest absolute Gasteiger partial charge is 0.355 e. The van der Waals surface area contributed by atoms with Crippen molar-refractivity contribution in [3.63, 3.8) is 0 Å². The molecule has 1 atom stereocenters. The van der Waals surface area contributed by atoms with Crippen LogP contribution in [0.25, 0.3) is 6.08 Å². The van der Waals surface area contributed by atoms with Gasteiger partial charge in [-0.2, -0.15) is 0 Å². The SMILES string of the molecule is C1=C(Nc2ccccc2)C2=CCCCC2c2ccccc21. The van der Waals surface area contributed by atoms with E-state index >= 15 is 0 Å². The summed E-state index contributed by atoms with van der Waals surface area (Å²) in [6, 6.07) is 19.3. The average Bonchev–Trinajstić information content (AvgIpc) is 2.56. The van der Waals surface area contributed by atoms with Crippen LogP contribution in [0.15, 0.2) is 71.9 Å². The molecule has 0 heterocycles. The van der Waals surface area contributed by atoms with Crippen molar-refractivity contribution < 1.29 is 0 Å². The first-order chi connectivity index (χ1) is 10.4. The molecule has 2 aliphatic rings. The Kier molecular flexibility index (Phi) is 3.11. The fourth-order valence-corrected chi connectivity index (χ4v) is 3.48. The van der Waals surface area contributed by atoms with Crippen LogP contribution in [-0.2, 0) is 0 Å². The molecule has 0 saturated carbocycles. The standard InChI is InChI=1S/C20H19N/c1-2-9-16(10-3-1)21-20-14-15-8-4-5-11-17(15)18-12-6-7-13-19(18)20/h1-5,8-11,13-14,18,21H,6-7,12H2. The Labute approximate surface area is 126 Å². The zero-order valence-corrected chi connectivity index (χ0v) is 12.0. The molecule has 104 valence electrons. The Hall–Kier alpha value is -2.28. The van der Waals surface area contributed by atoms with Gasteiger partial charge in [0.15, 0.2) is 0 Å². The van der Waals surface area contributed by atoms with Gasteiger partial charge in [0.25, 0.3) is 0 Å². The van der Waals surface area contributed by atoms with Gasteiger partial charge in [0.1, 0.15) is 0 Å². The van der Waals surface area contributed by atoms with Crippen LogP contribution >= 0.6 is 0 Å². The third kappa shape index (κ3) is 2.29. The minimum atomic E-state index is 0.561. The van der Waals surface area contributed by atoms with Crippen molar-refractivity contribution in [1.82, 2.24) is 0 Å². The maximum Gasteiger partial charge on any atom is 0.0425 e. The van der Waals surface area contributed by atoms with Gasteiger partial charge in [-0.25, -0.2) is 0 Å². The predicted molar refractivity (Wildman–Crippen MR) is 89.2 cm³/mol. The number of nitrogens with one attached hydrogen (secondary N) is 1. The lowest BCUT2D eigenvalue weighted by molar-refractivity contribution is 0.625. The van der Waals surface area contributed by atoms with Gasteiger partial charge in [0, 0.05) is 17.3 Å². The molecule has 2 aliphatic carbocycles. The quantitative estimate of drug-likeness (QED) is 0.778. The average molecular weight is 273 g/mol. The van der Waals surface area contributed by atoms with E-state index in [-0.39, 0.29) is 0 Å². The van der Waals surface area contributed by atoms with E-state index in [1.165, 1.54) is 41.7 Å². The van der Waals surface area contributed by atoms with Crippen LogP contribution < -0.4 is 5.32 Å². The maximum atomic E-state index is 3.61. The first kappa shape index (κ1) is 12.5. The minimum absolute atomic E-state index is 0.561. The topological polar surface area (TPSA) is 12.0 Å². The summed E-state index contributed by atoms with van der Waals surface area (Å²) in [4.78, 5) is 0. The highest BCUT2D eigenvalue weighted by atomic mass is 14.9. The van der Waals surface area contributed by atoms with Crippen LogP contribution in [0.1, 0.15) is 36.3 Å². The molecule has 21 heavy (non-hydrogen) atoms. The van der Waals surface area contributed by atoms with Crippen LogP contribution in [0.2, 0.25) is 0 Å². The van der Waals surface area contributed by atoms with Gasteiger partial charge in [0.2, 0.25) is 0 Å². The van der Waals surface area contributed by atoms with E-state index in [1.54, 1.807) is 0 Å². The zero-order chi connectivity index (χ0) is 14.1. The lowest BCUT2D eigenvalue weighted by Crippen LogP contribution is -2.18. The van der Waals surface area contributed by atoms with Gasteiger partial charge in [-0.05, 0) is 54.2 Å². The summed E-state index contributed by atoms with van der Waals surface area (Å²) in [5.41, 5.74) is 6.75. The van der Waals surface area contributed by atoms with Crippen LogP contribution in [-0.4, -0.2) is 0 Å². The van der Waals surface area contributed by atoms with Crippen molar-refractivity contribution >= 4 is 11.8 Å². The number of anilines is 1. The minimum Gasteiger partial charge on any atom is -0.355 e. The highest BCUT2D eigenvalue weighted by molar-refractivity contribution is 5.73. The summed E-state index contributed by atoms with van der Waals surface area (Å²) >= 11 is 0. The number of allylic oxidation sites excluding steroid dienone is 2. The van der Waals surface area contributed by atoms with Crippen molar-refractivity contribution in [2.75, 3.05) is 5.32 Å². The van der Waals surface area contributed by atoms with Crippen molar-refractivity contribution in [1.29, 1.82) is 0 Å². The van der Waals surface area contributed by atoms with E-state index in [0.717, 1.165) is 5.69 Å². The lowest BCUT2D eigenvalue weighted by Gasteiger charge is -2.32. The van der Waals surface area contributed by atoms with Crippen LogP contribution in [0.5, 0.6) is 0 Å². The molecule has 2 aromatic rings. The van der Waals surface area contributed by atoms with Crippen molar-refractivity contribution in [3.8, 4) is 0 Å². The van der Waals surface area contributed by atoms with E-state index < -0.39 is 0 Å². The molecule has 1 nitrogen and oxygen atoms in total. The van der Waals surface area contributed by atoms with Crippen LogP contribution in [0.3, 0.4) is 0 Å². The number of hydrogen-bond acceptors (Lipinski definition) is 1. The Morgan fingerprint density at radius 3 is 2.62 bits per heavy atom. The number of rotatable bonds is 2. The highest BCUT2D eigenvalue weighted by Crippen LogP contribution is 2.43. The zero-order valence-electron chi connectivity index (χ0n) is 12.0. The van der Waals surface area contributed by atoms with Gasteiger partial charge in [-0.3, -0.25) is 0 Å². The summed E-state index contributed by atoms with van der Waals surface area (Å²) in [7, 11) is 0. The van der Waals surface area contributed by atoms with Gasteiger partial charge >= 0.3 is 0 Å². The Morgan fingerprint density at radius 2 is 1.71 bits per heavy atom. The van der Waals surface area contributed by atoms with E-state index in [9.17, 15) is 0 Å². The first-order valence-electron chi connectivity index (χ1n) is 7.75. The predicted octanol–water partition coefficient (Wildman–Crippen LogP) is 5.35. The fraction of sp³-hybridized carbons (Fsp3) is 0.200. The molecule has 0 radical (unpaired) electrons. The van der Waals surface area contributed by atoms with Crippen LogP contribution in [0.4, 0.5) is 5.69 Å². The number of para-hydroxylation sites is 1. The number of hydrogen-bond donors (Lipinski definition) is 1. The number of benzene rings is 2. The smallest absolute Gasteiger partial charge is 0.0425 e. The molecule has 1 heteroatoms. The van der Waals surface area contributed by atoms with E-state index in [2.05, 4.69) is 72.1 Å². The molecule has 0 fully saturated rings. The molecular formula is C20H19N. The Balaban J connectivity index is 1.78. The molecule has 1 N–H and O–H groups in total. The molecular weight excluding hydrogens is 254 g/mol. The van der Waals surface area contributed by atoms with E-state index in [1.807, 2.05) is 0 Å². The maximum absolute atomic E-state index is 3.61. The van der Waals surface area contributed by atoms with Gasteiger partial charge in [-0.15, -0.1) is 0 Å². The fourth-order valence-electron chi connectivity index (χ4n) is 3.48. The Bertz CT molecular complexity index is 710. The monoisotopic (exact) mass is 273 g/mol. The molecule has 0 spiro atoms. The molecule has 0 saturated heterocycles. The molecule has 2 aromatic carbocycles. The molecule has 0 bridgehead atoms. The van der Waals surface area contributed by atoms with E-state index in [4.69, 9.17) is 0 Å². The van der Waals surface area contributed by atoms with Crippen molar-refractivity contribution in [3.05, 3.63) is 83.1 Å². The molecule has 0 aromatic heterocycles. The van der Waals surface area contributed by atoms with Crippen molar-refractivity contribution in [2.45, 2.75) is 25.2 Å². The van der Waals surface area contributed by atoms with Gasteiger partial charge in [-0.1, -0.05) is 48.5 Å². The first-order valence-corrected chi connectivity index (χ1v) is 7.75.